The fraction of sp³-hybridized carbons (Fsp3) is 0.182. The maximum atomic E-state index is 10.8. The fourth-order valence-electron chi connectivity index (χ4n) is 3.14. The molecule has 1 aliphatic rings. The van der Waals surface area contributed by atoms with Crippen LogP contribution >= 0.6 is 23.1 Å². The molecule has 160 valence electrons. The Kier molecular flexibility index (Phi) is 5.43. The van der Waals surface area contributed by atoms with Gasteiger partial charge in [-0.1, -0.05) is 36.0 Å². The Morgan fingerprint density at radius 3 is 2.78 bits per heavy atom. The first kappa shape index (κ1) is 20.4. The Morgan fingerprint density at radius 2 is 1.97 bits per heavy atom. The molecular formula is C22H16N4O4S2. The number of hydrogen-bond acceptors (Lipinski definition) is 10. The second-order valence-electron chi connectivity index (χ2n) is 6.89. The highest BCUT2D eigenvalue weighted by molar-refractivity contribution is 7.99. The summed E-state index contributed by atoms with van der Waals surface area (Å²) in [5.74, 6) is 1.46. The number of allylic oxidation sites excluding steroid dienone is 1. The smallest absolute Gasteiger partial charge is 0.277 e. The standard InChI is InChI=1S/C22H16N4O4S2/c1-12(19(27)13(10-23)21-24-14-6-2-5-9-18(14)32-21)31-22-26-25-20(30-22)17-11-28-15-7-3-4-8-16(15)29-17/h2-9,12,17,27H,11H2,1H3/b19-13+. The Morgan fingerprint density at radius 1 is 1.19 bits per heavy atom. The van der Waals surface area contributed by atoms with Gasteiger partial charge in [-0.05, 0) is 31.2 Å². The Bertz CT molecular complexity index is 1320. The Hall–Kier alpha value is -3.55. The van der Waals surface area contributed by atoms with E-state index in [1.807, 2.05) is 48.5 Å². The first-order valence-corrected chi connectivity index (χ1v) is 11.4. The van der Waals surface area contributed by atoms with Crippen LogP contribution in [0.25, 0.3) is 15.8 Å². The summed E-state index contributed by atoms with van der Waals surface area (Å²) in [7, 11) is 0. The van der Waals surface area contributed by atoms with Crippen molar-refractivity contribution >= 4 is 38.9 Å². The molecule has 0 amide bonds. The minimum atomic E-state index is -0.524. The minimum Gasteiger partial charge on any atom is -0.510 e. The van der Waals surface area contributed by atoms with Crippen molar-refractivity contribution in [3.63, 3.8) is 0 Å². The molecule has 8 nitrogen and oxygen atoms in total. The second kappa shape index (κ2) is 8.53. The molecule has 0 bridgehead atoms. The second-order valence-corrected chi connectivity index (χ2v) is 9.21. The number of fused-ring (bicyclic) bond motifs is 2. The average Bonchev–Trinajstić information content (AvgIpc) is 3.46. The number of nitriles is 1. The van der Waals surface area contributed by atoms with E-state index in [1.54, 1.807) is 6.92 Å². The molecule has 0 saturated carbocycles. The predicted octanol–water partition coefficient (Wildman–Crippen LogP) is 5.17. The van der Waals surface area contributed by atoms with Gasteiger partial charge in [0.15, 0.2) is 11.5 Å². The number of hydrogen-bond donors (Lipinski definition) is 1. The van der Waals surface area contributed by atoms with Crippen LogP contribution in [0.15, 0.2) is 63.9 Å². The van der Waals surface area contributed by atoms with Crippen molar-refractivity contribution in [1.29, 1.82) is 5.26 Å². The van der Waals surface area contributed by atoms with Gasteiger partial charge in [-0.25, -0.2) is 4.98 Å². The van der Waals surface area contributed by atoms with Crippen LogP contribution in [0.1, 0.15) is 23.9 Å². The van der Waals surface area contributed by atoms with E-state index >= 15 is 0 Å². The predicted molar refractivity (Wildman–Crippen MR) is 120 cm³/mol. The molecule has 0 radical (unpaired) electrons. The van der Waals surface area contributed by atoms with E-state index < -0.39 is 11.4 Å². The molecule has 4 aromatic rings. The maximum absolute atomic E-state index is 10.8. The lowest BCUT2D eigenvalue weighted by atomic mass is 10.2. The number of rotatable bonds is 5. The summed E-state index contributed by atoms with van der Waals surface area (Å²) in [6, 6.07) is 17.0. The third-order valence-electron chi connectivity index (χ3n) is 4.74. The van der Waals surface area contributed by atoms with E-state index in [2.05, 4.69) is 21.3 Å². The van der Waals surface area contributed by atoms with Crippen LogP contribution < -0.4 is 9.47 Å². The van der Waals surface area contributed by atoms with Crippen LogP contribution in [0.2, 0.25) is 0 Å². The number of ether oxygens (including phenoxy) is 2. The normalized spacial score (nSPS) is 16.9. The van der Waals surface area contributed by atoms with Crippen LogP contribution in [-0.2, 0) is 0 Å². The van der Waals surface area contributed by atoms with Gasteiger partial charge >= 0.3 is 0 Å². The highest BCUT2D eigenvalue weighted by atomic mass is 32.2. The topological polar surface area (TPSA) is 114 Å². The SMILES string of the molecule is CC(Sc1nnc(C2COc3ccccc3O2)o1)/C(O)=C(/C#N)c1nc2ccccc2s1. The lowest BCUT2D eigenvalue weighted by Crippen LogP contribution is -2.21. The Balaban J connectivity index is 1.33. The van der Waals surface area contributed by atoms with E-state index in [9.17, 15) is 10.4 Å². The third-order valence-corrected chi connectivity index (χ3v) is 6.74. The van der Waals surface area contributed by atoms with E-state index in [-0.39, 0.29) is 29.1 Å². The molecule has 2 unspecified atom stereocenters. The fourth-order valence-corrected chi connectivity index (χ4v) is 4.87. The van der Waals surface area contributed by atoms with Gasteiger partial charge in [0, 0.05) is 0 Å². The zero-order valence-electron chi connectivity index (χ0n) is 16.8. The van der Waals surface area contributed by atoms with Crippen molar-refractivity contribution in [3.8, 4) is 17.6 Å². The number of thiazole rings is 1. The first-order chi connectivity index (χ1) is 15.6. The molecule has 0 saturated heterocycles. The summed E-state index contributed by atoms with van der Waals surface area (Å²) in [5, 5.41) is 28.7. The van der Waals surface area contributed by atoms with E-state index in [0.29, 0.717) is 16.5 Å². The number of para-hydroxylation sites is 3. The van der Waals surface area contributed by atoms with Gasteiger partial charge in [0.25, 0.3) is 11.1 Å². The van der Waals surface area contributed by atoms with Crippen molar-refractivity contribution in [2.75, 3.05) is 6.61 Å². The molecule has 2 atom stereocenters. The molecule has 0 aliphatic carbocycles. The van der Waals surface area contributed by atoms with Crippen molar-refractivity contribution in [2.24, 2.45) is 0 Å². The highest BCUT2D eigenvalue weighted by Crippen LogP contribution is 2.37. The molecule has 0 spiro atoms. The summed E-state index contributed by atoms with van der Waals surface area (Å²) in [5.41, 5.74) is 0.915. The molecule has 5 rings (SSSR count). The number of benzene rings is 2. The van der Waals surface area contributed by atoms with Crippen LogP contribution in [-0.4, -0.2) is 32.1 Å². The average molecular weight is 465 g/mol. The summed E-state index contributed by atoms with van der Waals surface area (Å²) in [4.78, 5) is 4.47. The minimum absolute atomic E-state index is 0.0949. The zero-order valence-corrected chi connectivity index (χ0v) is 18.4. The van der Waals surface area contributed by atoms with Gasteiger partial charge in [-0.3, -0.25) is 0 Å². The zero-order chi connectivity index (χ0) is 22.1. The van der Waals surface area contributed by atoms with Gasteiger partial charge in [-0.2, -0.15) is 5.26 Å². The summed E-state index contributed by atoms with van der Waals surface area (Å²) in [6.45, 7) is 2.01. The van der Waals surface area contributed by atoms with E-state index in [4.69, 9.17) is 13.9 Å². The quantitative estimate of drug-likeness (QED) is 0.243. The number of thioether (sulfide) groups is 1. The van der Waals surface area contributed by atoms with Crippen LogP contribution in [0.4, 0.5) is 0 Å². The number of nitrogens with zero attached hydrogens (tertiary/aromatic N) is 4. The van der Waals surface area contributed by atoms with Crippen molar-refractivity contribution in [1.82, 2.24) is 15.2 Å². The number of aromatic nitrogens is 3. The molecule has 10 heteroatoms. The molecule has 2 aromatic carbocycles. The summed E-state index contributed by atoms with van der Waals surface area (Å²) in [6.07, 6.45) is -0.524. The van der Waals surface area contributed by atoms with Gasteiger partial charge < -0.3 is 19.0 Å². The van der Waals surface area contributed by atoms with Crippen molar-refractivity contribution in [2.45, 2.75) is 23.5 Å². The number of aliphatic hydroxyl groups is 1. The van der Waals surface area contributed by atoms with Crippen molar-refractivity contribution < 1.29 is 19.0 Å². The van der Waals surface area contributed by atoms with Crippen LogP contribution in [0, 0.1) is 11.3 Å². The number of aliphatic hydroxyl groups excluding tert-OH is 1. The highest BCUT2D eigenvalue weighted by Gasteiger charge is 2.28. The van der Waals surface area contributed by atoms with Gasteiger partial charge in [0.05, 0.1) is 15.5 Å². The molecule has 1 N–H and O–H groups in total. The van der Waals surface area contributed by atoms with Crippen LogP contribution in [0.5, 0.6) is 11.5 Å². The third kappa shape index (κ3) is 3.88. The van der Waals surface area contributed by atoms with Crippen LogP contribution in [0.3, 0.4) is 0 Å². The largest absolute Gasteiger partial charge is 0.510 e. The van der Waals surface area contributed by atoms with Gasteiger partial charge in [0.1, 0.15) is 29.0 Å². The molecule has 3 heterocycles. The van der Waals surface area contributed by atoms with Crippen molar-refractivity contribution in [3.05, 3.63) is 65.2 Å². The van der Waals surface area contributed by atoms with Gasteiger partial charge in [0.2, 0.25) is 6.10 Å². The molecule has 2 aromatic heterocycles. The van der Waals surface area contributed by atoms with E-state index in [0.717, 1.165) is 22.0 Å². The Labute approximate surface area is 191 Å². The van der Waals surface area contributed by atoms with E-state index in [1.165, 1.54) is 11.3 Å². The molecule has 0 fully saturated rings. The molecule has 32 heavy (non-hydrogen) atoms. The van der Waals surface area contributed by atoms with Gasteiger partial charge in [-0.15, -0.1) is 21.5 Å². The summed E-state index contributed by atoms with van der Waals surface area (Å²) >= 11 is 2.51. The monoisotopic (exact) mass is 464 g/mol. The molecular weight excluding hydrogens is 448 g/mol. The lowest BCUT2D eigenvalue weighted by molar-refractivity contribution is 0.0686. The maximum Gasteiger partial charge on any atom is 0.277 e. The lowest BCUT2D eigenvalue weighted by Gasteiger charge is -2.23. The molecule has 1 aliphatic heterocycles. The summed E-state index contributed by atoms with van der Waals surface area (Å²) < 4.78 is 18.3. The first-order valence-electron chi connectivity index (χ1n) is 9.70.